The van der Waals surface area contributed by atoms with Crippen LogP contribution in [0.15, 0.2) is 0 Å². The average molecular weight is 126 g/mol. The van der Waals surface area contributed by atoms with Gasteiger partial charge in [0.2, 0.25) is 0 Å². The minimum Gasteiger partial charge on any atom is -0.0625 e. The zero-order valence-electron chi connectivity index (χ0n) is 7.07. The van der Waals surface area contributed by atoms with Crippen LogP contribution < -0.4 is 0 Å². The van der Waals surface area contributed by atoms with Gasteiger partial charge >= 0.3 is 0 Å². The van der Waals surface area contributed by atoms with Crippen LogP contribution in [0.1, 0.15) is 40.5 Å². The van der Waals surface area contributed by atoms with Crippen LogP contribution in [0.3, 0.4) is 0 Å². The SMILES string of the molecule is CC1C[C@@H](C)CC1(C)C. The van der Waals surface area contributed by atoms with Crippen LogP contribution in [-0.2, 0) is 0 Å². The number of rotatable bonds is 0. The topological polar surface area (TPSA) is 0 Å². The summed E-state index contributed by atoms with van der Waals surface area (Å²) < 4.78 is 0. The Hall–Kier alpha value is 0. The van der Waals surface area contributed by atoms with Crippen LogP contribution in [0.5, 0.6) is 0 Å². The molecule has 54 valence electrons. The van der Waals surface area contributed by atoms with Gasteiger partial charge in [-0.05, 0) is 30.1 Å². The first-order chi connectivity index (χ1) is 4.02. The smallest absolute Gasteiger partial charge is 0.0326 e. The highest BCUT2D eigenvalue weighted by atomic mass is 14.4. The van der Waals surface area contributed by atoms with Crippen molar-refractivity contribution in [3.63, 3.8) is 0 Å². The standard InChI is InChI=1S/C9H18/c1-7-5-8(2)9(3,4)6-7/h7-8H,5-6H2,1-4H3/t7-,8?/m1/s1. The molecule has 0 spiro atoms. The zero-order chi connectivity index (χ0) is 7.07. The van der Waals surface area contributed by atoms with Crippen molar-refractivity contribution in [2.45, 2.75) is 40.5 Å². The van der Waals surface area contributed by atoms with E-state index in [1.807, 2.05) is 0 Å². The Morgan fingerprint density at radius 3 is 1.89 bits per heavy atom. The molecule has 0 aromatic rings. The predicted molar refractivity (Wildman–Crippen MR) is 41.3 cm³/mol. The summed E-state index contributed by atoms with van der Waals surface area (Å²) in [4.78, 5) is 0. The first kappa shape index (κ1) is 7.11. The first-order valence-electron chi connectivity index (χ1n) is 4.02. The Bertz CT molecular complexity index is 103. The summed E-state index contributed by atoms with van der Waals surface area (Å²) in [6, 6.07) is 0. The lowest BCUT2D eigenvalue weighted by atomic mass is 9.83. The van der Waals surface area contributed by atoms with Gasteiger partial charge in [0.25, 0.3) is 0 Å². The molecule has 0 heterocycles. The van der Waals surface area contributed by atoms with E-state index in [4.69, 9.17) is 0 Å². The summed E-state index contributed by atoms with van der Waals surface area (Å²) in [6.07, 6.45) is 2.86. The van der Waals surface area contributed by atoms with Gasteiger partial charge in [0.15, 0.2) is 0 Å². The Morgan fingerprint density at radius 1 is 1.22 bits per heavy atom. The lowest BCUT2D eigenvalue weighted by Crippen LogP contribution is -2.13. The third-order valence-corrected chi connectivity index (χ3v) is 2.96. The molecule has 0 amide bonds. The summed E-state index contributed by atoms with van der Waals surface area (Å²) in [6.45, 7) is 9.52. The van der Waals surface area contributed by atoms with Gasteiger partial charge in [-0.3, -0.25) is 0 Å². The molecule has 0 heteroatoms. The minimum absolute atomic E-state index is 0.624. The summed E-state index contributed by atoms with van der Waals surface area (Å²) in [5, 5.41) is 0. The summed E-state index contributed by atoms with van der Waals surface area (Å²) in [7, 11) is 0. The van der Waals surface area contributed by atoms with Crippen LogP contribution >= 0.6 is 0 Å². The van der Waals surface area contributed by atoms with Gasteiger partial charge in [-0.2, -0.15) is 0 Å². The van der Waals surface area contributed by atoms with Crippen molar-refractivity contribution < 1.29 is 0 Å². The lowest BCUT2D eigenvalue weighted by Gasteiger charge is -2.22. The molecular weight excluding hydrogens is 108 g/mol. The van der Waals surface area contributed by atoms with E-state index < -0.39 is 0 Å². The van der Waals surface area contributed by atoms with Crippen LogP contribution in [0.2, 0.25) is 0 Å². The minimum atomic E-state index is 0.624. The molecule has 9 heavy (non-hydrogen) atoms. The molecule has 1 rings (SSSR count). The van der Waals surface area contributed by atoms with E-state index in [1.54, 1.807) is 0 Å². The fourth-order valence-electron chi connectivity index (χ4n) is 2.11. The molecule has 1 aliphatic carbocycles. The van der Waals surface area contributed by atoms with Crippen molar-refractivity contribution in [3.8, 4) is 0 Å². The second kappa shape index (κ2) is 2.00. The van der Waals surface area contributed by atoms with Gasteiger partial charge < -0.3 is 0 Å². The summed E-state index contributed by atoms with van der Waals surface area (Å²) >= 11 is 0. The van der Waals surface area contributed by atoms with Crippen LogP contribution in [0.4, 0.5) is 0 Å². The second-order valence-electron chi connectivity index (χ2n) is 4.43. The third kappa shape index (κ3) is 1.28. The Labute approximate surface area is 58.7 Å². The molecule has 1 unspecified atom stereocenters. The first-order valence-corrected chi connectivity index (χ1v) is 4.02. The fraction of sp³-hybridized carbons (Fsp3) is 1.00. The van der Waals surface area contributed by atoms with Gasteiger partial charge in [0, 0.05) is 0 Å². The lowest BCUT2D eigenvalue weighted by molar-refractivity contribution is 0.278. The second-order valence-corrected chi connectivity index (χ2v) is 4.43. The van der Waals surface area contributed by atoms with Crippen molar-refractivity contribution >= 4 is 0 Å². The molecule has 0 bridgehead atoms. The van der Waals surface area contributed by atoms with E-state index in [9.17, 15) is 0 Å². The van der Waals surface area contributed by atoms with E-state index in [-0.39, 0.29) is 0 Å². The van der Waals surface area contributed by atoms with Gasteiger partial charge in [0.1, 0.15) is 0 Å². The maximum atomic E-state index is 2.39. The molecule has 0 radical (unpaired) electrons. The summed E-state index contributed by atoms with van der Waals surface area (Å²) in [5.74, 6) is 1.91. The van der Waals surface area contributed by atoms with Crippen LogP contribution in [-0.4, -0.2) is 0 Å². The van der Waals surface area contributed by atoms with Gasteiger partial charge in [-0.25, -0.2) is 0 Å². The van der Waals surface area contributed by atoms with E-state index >= 15 is 0 Å². The van der Waals surface area contributed by atoms with Crippen molar-refractivity contribution in [1.82, 2.24) is 0 Å². The largest absolute Gasteiger partial charge is 0.0625 e. The van der Waals surface area contributed by atoms with Crippen LogP contribution in [0, 0.1) is 17.3 Å². The highest BCUT2D eigenvalue weighted by Gasteiger charge is 2.34. The molecule has 1 saturated carbocycles. The molecule has 1 fully saturated rings. The average Bonchev–Trinajstić information content (AvgIpc) is 1.79. The molecule has 0 saturated heterocycles. The highest BCUT2D eigenvalue weighted by Crippen LogP contribution is 2.45. The Balaban J connectivity index is 2.58. The van der Waals surface area contributed by atoms with E-state index in [1.165, 1.54) is 12.8 Å². The van der Waals surface area contributed by atoms with Gasteiger partial charge in [-0.1, -0.05) is 27.7 Å². The quantitative estimate of drug-likeness (QED) is 0.468. The third-order valence-electron chi connectivity index (χ3n) is 2.96. The number of hydrogen-bond acceptors (Lipinski definition) is 0. The molecule has 2 atom stereocenters. The van der Waals surface area contributed by atoms with Crippen molar-refractivity contribution in [3.05, 3.63) is 0 Å². The Kier molecular flexibility index (Phi) is 1.58. The molecule has 0 aromatic carbocycles. The molecule has 0 aliphatic heterocycles. The fourth-order valence-corrected chi connectivity index (χ4v) is 2.11. The van der Waals surface area contributed by atoms with Gasteiger partial charge in [-0.15, -0.1) is 0 Å². The van der Waals surface area contributed by atoms with Crippen LogP contribution in [0.25, 0.3) is 0 Å². The molecule has 0 aromatic heterocycles. The zero-order valence-corrected chi connectivity index (χ0v) is 7.07. The normalized spacial score (nSPS) is 41.3. The highest BCUT2D eigenvalue weighted by molar-refractivity contribution is 4.85. The predicted octanol–water partition coefficient (Wildman–Crippen LogP) is 3.08. The van der Waals surface area contributed by atoms with Crippen molar-refractivity contribution in [1.29, 1.82) is 0 Å². The van der Waals surface area contributed by atoms with Crippen molar-refractivity contribution in [2.75, 3.05) is 0 Å². The van der Waals surface area contributed by atoms with E-state index in [2.05, 4.69) is 27.7 Å². The molecule has 1 aliphatic rings. The maximum absolute atomic E-state index is 2.39. The maximum Gasteiger partial charge on any atom is -0.0326 e. The van der Waals surface area contributed by atoms with E-state index in [0.717, 1.165) is 11.8 Å². The van der Waals surface area contributed by atoms with E-state index in [0.29, 0.717) is 5.41 Å². The molecule has 0 N–H and O–H groups in total. The van der Waals surface area contributed by atoms with Crippen molar-refractivity contribution in [2.24, 2.45) is 17.3 Å². The monoisotopic (exact) mass is 126 g/mol. The summed E-state index contributed by atoms with van der Waals surface area (Å²) in [5.41, 5.74) is 0.624. The Morgan fingerprint density at radius 2 is 1.78 bits per heavy atom. The van der Waals surface area contributed by atoms with Gasteiger partial charge in [0.05, 0.1) is 0 Å². The number of hydrogen-bond donors (Lipinski definition) is 0. The molecular formula is C9H18. The molecule has 0 nitrogen and oxygen atoms in total.